The van der Waals surface area contributed by atoms with Crippen LogP contribution in [0, 0.1) is 0 Å². The highest BCUT2D eigenvalue weighted by molar-refractivity contribution is 6.00. The number of rotatable bonds is 11. The van der Waals surface area contributed by atoms with Crippen LogP contribution in [-0.2, 0) is 11.3 Å². The van der Waals surface area contributed by atoms with Gasteiger partial charge in [-0.3, -0.25) is 0 Å². The summed E-state index contributed by atoms with van der Waals surface area (Å²) in [6, 6.07) is 21.0. The van der Waals surface area contributed by atoms with E-state index in [0.29, 0.717) is 6.61 Å². The second-order valence-electron chi connectivity index (χ2n) is 6.10. The van der Waals surface area contributed by atoms with Crippen LogP contribution in [0.2, 0.25) is 0 Å². The van der Waals surface area contributed by atoms with Crippen LogP contribution in [0.1, 0.15) is 37.8 Å². The van der Waals surface area contributed by atoms with E-state index in [1.165, 1.54) is 5.56 Å². The highest BCUT2D eigenvalue weighted by atomic mass is 16.6. The Morgan fingerprint density at radius 3 is 2.20 bits per heavy atom. The summed E-state index contributed by atoms with van der Waals surface area (Å²) in [6.45, 7) is 8.00. The maximum atomic E-state index is 5.63. The van der Waals surface area contributed by atoms with Gasteiger partial charge in [0.1, 0.15) is 6.61 Å². The van der Waals surface area contributed by atoms with E-state index in [-0.39, 0.29) is 0 Å². The molecule has 0 aromatic heterocycles. The smallest absolute Gasteiger partial charge is 0.129 e. The van der Waals surface area contributed by atoms with Gasteiger partial charge in [-0.25, -0.2) is 0 Å². The van der Waals surface area contributed by atoms with E-state index in [0.717, 1.165) is 50.2 Å². The quantitative estimate of drug-likeness (QED) is 0.335. The number of benzene rings is 2. The second-order valence-corrected chi connectivity index (χ2v) is 6.10. The average molecular weight is 338 g/mol. The van der Waals surface area contributed by atoms with Crippen LogP contribution in [0.25, 0.3) is 0 Å². The number of hydrogen-bond donors (Lipinski definition) is 0. The largest absolute Gasteiger partial charge is 0.394 e. The maximum Gasteiger partial charge on any atom is 0.129 e. The van der Waals surface area contributed by atoms with Crippen LogP contribution in [0.4, 0.5) is 0 Å². The van der Waals surface area contributed by atoms with Gasteiger partial charge in [0.2, 0.25) is 0 Å². The third-order valence-electron chi connectivity index (χ3n) is 4.40. The van der Waals surface area contributed by atoms with E-state index in [1.54, 1.807) is 0 Å². The van der Waals surface area contributed by atoms with Crippen molar-refractivity contribution in [2.45, 2.75) is 33.1 Å². The van der Waals surface area contributed by atoms with Crippen molar-refractivity contribution in [3.63, 3.8) is 0 Å². The van der Waals surface area contributed by atoms with E-state index in [2.05, 4.69) is 78.5 Å². The van der Waals surface area contributed by atoms with Gasteiger partial charge in [-0.2, -0.15) is 0 Å². The van der Waals surface area contributed by atoms with Crippen LogP contribution in [0.3, 0.4) is 0 Å². The van der Waals surface area contributed by atoms with Crippen molar-refractivity contribution in [2.75, 3.05) is 26.2 Å². The summed E-state index contributed by atoms with van der Waals surface area (Å²) < 4.78 is 0. The van der Waals surface area contributed by atoms with Crippen LogP contribution in [0.15, 0.2) is 65.8 Å². The molecule has 2 aromatic carbocycles. The first-order chi connectivity index (χ1) is 12.3. The second kappa shape index (κ2) is 11.4. The van der Waals surface area contributed by atoms with E-state index in [4.69, 9.17) is 4.84 Å². The Labute approximate surface area is 152 Å². The molecule has 0 radical (unpaired) electrons. The monoisotopic (exact) mass is 338 g/mol. The normalized spacial score (nSPS) is 11.7. The lowest BCUT2D eigenvalue weighted by Gasteiger charge is -2.16. The van der Waals surface area contributed by atoms with Gasteiger partial charge in [-0.05, 0) is 43.5 Å². The van der Waals surface area contributed by atoms with E-state index < -0.39 is 0 Å². The van der Waals surface area contributed by atoms with Gasteiger partial charge in [0.25, 0.3) is 0 Å². The van der Waals surface area contributed by atoms with Crippen LogP contribution in [0.5, 0.6) is 0 Å². The number of aryl methyl sites for hydroxylation is 1. The maximum absolute atomic E-state index is 5.63. The standard InChI is InChI=1S/C22H30N2O/c1-3-24(4-2)18-19-25-23-22(21-15-9-6-10-16-21)17-11-14-20-12-7-5-8-13-20/h5-10,12-13,15-16H,3-4,11,14,17-19H2,1-2H3/b23-22+. The summed E-state index contributed by atoms with van der Waals surface area (Å²) in [4.78, 5) is 7.97. The van der Waals surface area contributed by atoms with Crippen LogP contribution >= 0.6 is 0 Å². The first-order valence-corrected chi connectivity index (χ1v) is 9.34. The molecule has 0 atom stereocenters. The first kappa shape index (κ1) is 19.2. The fourth-order valence-electron chi connectivity index (χ4n) is 2.81. The minimum absolute atomic E-state index is 0.636. The van der Waals surface area contributed by atoms with Crippen LogP contribution < -0.4 is 0 Å². The lowest BCUT2D eigenvalue weighted by molar-refractivity contribution is 0.114. The van der Waals surface area contributed by atoms with Gasteiger partial charge in [0.15, 0.2) is 0 Å². The molecule has 0 bridgehead atoms. The molecule has 0 aliphatic carbocycles. The lowest BCUT2D eigenvalue weighted by atomic mass is 10.0. The molecular weight excluding hydrogens is 308 g/mol. The number of oxime groups is 1. The molecule has 2 aromatic rings. The summed E-state index contributed by atoms with van der Waals surface area (Å²) in [7, 11) is 0. The summed E-state index contributed by atoms with van der Waals surface area (Å²) in [5.74, 6) is 0. The van der Waals surface area contributed by atoms with Crippen molar-refractivity contribution in [3.8, 4) is 0 Å². The Kier molecular flexibility index (Phi) is 8.78. The molecule has 0 amide bonds. The van der Waals surface area contributed by atoms with Crippen LogP contribution in [-0.4, -0.2) is 36.9 Å². The molecule has 134 valence electrons. The Bertz CT molecular complexity index is 606. The Morgan fingerprint density at radius 2 is 1.56 bits per heavy atom. The topological polar surface area (TPSA) is 24.8 Å². The number of likely N-dealkylation sites (N-methyl/N-ethyl adjacent to an activating group) is 1. The fourth-order valence-corrected chi connectivity index (χ4v) is 2.81. The summed E-state index contributed by atoms with van der Waals surface area (Å²) >= 11 is 0. The van der Waals surface area contributed by atoms with Gasteiger partial charge in [-0.1, -0.05) is 79.7 Å². The zero-order valence-electron chi connectivity index (χ0n) is 15.5. The Morgan fingerprint density at radius 1 is 0.920 bits per heavy atom. The molecule has 0 N–H and O–H groups in total. The summed E-state index contributed by atoms with van der Waals surface area (Å²) in [5.41, 5.74) is 3.56. The van der Waals surface area contributed by atoms with Gasteiger partial charge in [-0.15, -0.1) is 0 Å². The molecule has 0 saturated carbocycles. The van der Waals surface area contributed by atoms with Crippen molar-refractivity contribution < 1.29 is 4.84 Å². The van der Waals surface area contributed by atoms with Crippen molar-refractivity contribution >= 4 is 5.71 Å². The van der Waals surface area contributed by atoms with Crippen molar-refractivity contribution in [3.05, 3.63) is 71.8 Å². The van der Waals surface area contributed by atoms with Gasteiger partial charge in [0.05, 0.1) is 5.71 Å². The minimum Gasteiger partial charge on any atom is -0.394 e. The average Bonchev–Trinajstić information content (AvgIpc) is 2.68. The molecule has 0 unspecified atom stereocenters. The predicted octanol–water partition coefficient (Wildman–Crippen LogP) is 4.77. The molecule has 0 aliphatic rings. The van der Waals surface area contributed by atoms with Gasteiger partial charge < -0.3 is 9.74 Å². The molecule has 0 heterocycles. The van der Waals surface area contributed by atoms with E-state index in [9.17, 15) is 0 Å². The van der Waals surface area contributed by atoms with Crippen molar-refractivity contribution in [1.29, 1.82) is 0 Å². The lowest BCUT2D eigenvalue weighted by Crippen LogP contribution is -2.26. The Hall–Kier alpha value is -2.13. The summed E-state index contributed by atoms with van der Waals surface area (Å²) in [5, 5.41) is 4.46. The molecule has 0 aliphatic heterocycles. The molecule has 3 nitrogen and oxygen atoms in total. The van der Waals surface area contributed by atoms with Crippen molar-refractivity contribution in [2.24, 2.45) is 5.16 Å². The molecule has 3 heteroatoms. The molecule has 0 saturated heterocycles. The highest BCUT2D eigenvalue weighted by Crippen LogP contribution is 2.11. The highest BCUT2D eigenvalue weighted by Gasteiger charge is 2.05. The van der Waals surface area contributed by atoms with Gasteiger partial charge >= 0.3 is 0 Å². The molecule has 0 fully saturated rings. The number of hydrogen-bond acceptors (Lipinski definition) is 3. The van der Waals surface area contributed by atoms with Crippen molar-refractivity contribution in [1.82, 2.24) is 4.90 Å². The molecule has 2 rings (SSSR count). The first-order valence-electron chi connectivity index (χ1n) is 9.34. The Balaban J connectivity index is 1.90. The third kappa shape index (κ3) is 7.10. The fraction of sp³-hybridized carbons (Fsp3) is 0.409. The zero-order valence-corrected chi connectivity index (χ0v) is 15.5. The van der Waals surface area contributed by atoms with Gasteiger partial charge in [0, 0.05) is 6.54 Å². The molecule has 0 spiro atoms. The SMILES string of the molecule is CCN(CC)CCO/N=C(\CCCc1ccccc1)c1ccccc1. The minimum atomic E-state index is 0.636. The molecular formula is C22H30N2O. The number of nitrogens with zero attached hydrogens (tertiary/aromatic N) is 2. The third-order valence-corrected chi connectivity index (χ3v) is 4.40. The van der Waals surface area contributed by atoms with E-state index in [1.807, 2.05) is 6.07 Å². The zero-order chi connectivity index (χ0) is 17.7. The molecule has 25 heavy (non-hydrogen) atoms. The predicted molar refractivity (Wildman–Crippen MR) is 106 cm³/mol. The van der Waals surface area contributed by atoms with E-state index >= 15 is 0 Å². The summed E-state index contributed by atoms with van der Waals surface area (Å²) in [6.07, 6.45) is 3.05.